The first kappa shape index (κ1) is 20.2. The lowest BCUT2D eigenvalue weighted by atomic mass is 10.2. The zero-order valence-corrected chi connectivity index (χ0v) is 16.4. The van der Waals surface area contributed by atoms with Crippen molar-refractivity contribution in [3.05, 3.63) is 66.0 Å². The van der Waals surface area contributed by atoms with E-state index in [1.807, 2.05) is 30.3 Å². The van der Waals surface area contributed by atoms with Gasteiger partial charge in [-0.1, -0.05) is 30.3 Å². The van der Waals surface area contributed by atoms with Gasteiger partial charge in [-0.15, -0.1) is 0 Å². The minimum atomic E-state index is -2.73. The number of pyridine rings is 2. The number of rotatable bonds is 7. The molecule has 164 valence electrons. The van der Waals surface area contributed by atoms with Crippen LogP contribution in [0.4, 0.5) is 17.6 Å². The fraction of sp³-hybridized carbons (Fsp3) is 0.227. The number of halogens is 4. The highest BCUT2D eigenvalue weighted by molar-refractivity contribution is 5.76. The topological polar surface area (TPSA) is 70.3 Å². The van der Waals surface area contributed by atoms with Crippen LogP contribution in [0.5, 0.6) is 11.6 Å². The second kappa shape index (κ2) is 7.77. The Morgan fingerprint density at radius 1 is 1.06 bits per heavy atom. The van der Waals surface area contributed by atoms with Crippen LogP contribution in [-0.4, -0.2) is 27.5 Å². The van der Waals surface area contributed by atoms with Crippen molar-refractivity contribution in [2.24, 2.45) is 5.92 Å². The molecule has 4 aromatic rings. The molecule has 0 bridgehead atoms. The van der Waals surface area contributed by atoms with Gasteiger partial charge in [0, 0.05) is 12.5 Å². The summed E-state index contributed by atoms with van der Waals surface area (Å²) in [6.45, 7) is -0.138. The van der Waals surface area contributed by atoms with Crippen LogP contribution in [0.15, 0.2) is 53.2 Å². The van der Waals surface area contributed by atoms with E-state index in [0.29, 0.717) is 0 Å². The zero-order chi connectivity index (χ0) is 22.3. The van der Waals surface area contributed by atoms with Crippen molar-refractivity contribution >= 4 is 11.1 Å². The van der Waals surface area contributed by atoms with E-state index in [9.17, 15) is 17.6 Å². The van der Waals surface area contributed by atoms with Gasteiger partial charge in [0.2, 0.25) is 11.7 Å². The second-order valence-corrected chi connectivity index (χ2v) is 7.36. The standard InChI is InChI=1S/C22H15F4N3O3/c23-15-6-14(30-11-13-7-22(13,25)26)8-27-18(15)21-29-16-9-28-20(17(24)19(16)32-21)31-10-12-4-2-1-3-5-12/h1-6,8-9,13H,7,10-11H2/t13-/m1/s1. The molecule has 5 rings (SSSR count). The van der Waals surface area contributed by atoms with Crippen LogP contribution in [0.2, 0.25) is 0 Å². The van der Waals surface area contributed by atoms with Crippen molar-refractivity contribution in [3.63, 3.8) is 0 Å². The van der Waals surface area contributed by atoms with E-state index in [1.54, 1.807) is 0 Å². The number of alkyl halides is 2. The SMILES string of the molecule is Fc1cc(OC[C@H]2CC2(F)F)cnc1-c1nc2cnc(OCc3ccccc3)c(F)c2o1. The minimum absolute atomic E-state index is 0.00509. The van der Waals surface area contributed by atoms with Crippen LogP contribution >= 0.6 is 0 Å². The van der Waals surface area contributed by atoms with Crippen molar-refractivity contribution in [1.29, 1.82) is 0 Å². The third kappa shape index (κ3) is 3.95. The summed E-state index contributed by atoms with van der Waals surface area (Å²) in [5.74, 6) is -5.89. The fourth-order valence-electron chi connectivity index (χ4n) is 3.08. The molecule has 0 saturated heterocycles. The first-order valence-electron chi connectivity index (χ1n) is 9.69. The van der Waals surface area contributed by atoms with Crippen LogP contribution in [0.1, 0.15) is 12.0 Å². The summed E-state index contributed by atoms with van der Waals surface area (Å²) < 4.78 is 71.1. The second-order valence-electron chi connectivity index (χ2n) is 7.36. The molecule has 32 heavy (non-hydrogen) atoms. The van der Waals surface area contributed by atoms with Crippen molar-refractivity contribution in [1.82, 2.24) is 15.0 Å². The summed E-state index contributed by atoms with van der Waals surface area (Å²) in [4.78, 5) is 11.8. The summed E-state index contributed by atoms with van der Waals surface area (Å²) in [7, 11) is 0. The average Bonchev–Trinajstić information content (AvgIpc) is 3.17. The molecule has 0 aliphatic heterocycles. The fourth-order valence-corrected chi connectivity index (χ4v) is 3.08. The van der Waals surface area contributed by atoms with Gasteiger partial charge in [-0.05, 0) is 5.56 Å². The van der Waals surface area contributed by atoms with Crippen LogP contribution in [-0.2, 0) is 6.61 Å². The van der Waals surface area contributed by atoms with Crippen molar-refractivity contribution in [3.8, 4) is 23.2 Å². The van der Waals surface area contributed by atoms with Gasteiger partial charge >= 0.3 is 0 Å². The lowest BCUT2D eigenvalue weighted by Crippen LogP contribution is -2.06. The van der Waals surface area contributed by atoms with E-state index in [1.165, 1.54) is 6.20 Å². The maximum atomic E-state index is 14.8. The summed E-state index contributed by atoms with van der Waals surface area (Å²) >= 11 is 0. The highest BCUT2D eigenvalue weighted by Gasteiger charge is 2.57. The zero-order valence-electron chi connectivity index (χ0n) is 16.4. The molecule has 0 unspecified atom stereocenters. The Bertz CT molecular complexity index is 1280. The van der Waals surface area contributed by atoms with E-state index < -0.39 is 23.5 Å². The number of hydrogen-bond donors (Lipinski definition) is 0. The molecular weight excluding hydrogens is 430 g/mol. The Hall–Kier alpha value is -3.69. The van der Waals surface area contributed by atoms with Gasteiger partial charge in [-0.2, -0.15) is 4.39 Å². The number of nitrogens with zero attached hydrogens (tertiary/aromatic N) is 3. The number of hydrogen-bond acceptors (Lipinski definition) is 6. The van der Waals surface area contributed by atoms with Gasteiger partial charge < -0.3 is 13.9 Å². The molecule has 1 aliphatic carbocycles. The molecule has 0 radical (unpaired) electrons. The number of benzene rings is 1. The molecule has 0 spiro atoms. The Morgan fingerprint density at radius 3 is 2.56 bits per heavy atom. The summed E-state index contributed by atoms with van der Waals surface area (Å²) in [5.41, 5.74) is 0.347. The molecule has 6 nitrogen and oxygen atoms in total. The highest BCUT2D eigenvalue weighted by atomic mass is 19.3. The molecule has 3 aromatic heterocycles. The van der Waals surface area contributed by atoms with Crippen LogP contribution in [0.25, 0.3) is 22.7 Å². The Labute approximate surface area is 178 Å². The van der Waals surface area contributed by atoms with Crippen LogP contribution < -0.4 is 9.47 Å². The van der Waals surface area contributed by atoms with Crippen molar-refractivity contribution in [2.75, 3.05) is 6.61 Å². The molecule has 0 amide bonds. The van der Waals surface area contributed by atoms with Crippen LogP contribution in [0, 0.1) is 17.6 Å². The third-order valence-corrected chi connectivity index (χ3v) is 4.99. The first-order chi connectivity index (χ1) is 15.4. The van der Waals surface area contributed by atoms with Gasteiger partial charge in [0.15, 0.2) is 17.1 Å². The number of ether oxygens (including phenoxy) is 2. The third-order valence-electron chi connectivity index (χ3n) is 4.99. The number of oxazole rings is 1. The maximum absolute atomic E-state index is 14.8. The average molecular weight is 445 g/mol. The maximum Gasteiger partial charge on any atom is 0.255 e. The smallest absolute Gasteiger partial charge is 0.255 e. The van der Waals surface area contributed by atoms with Gasteiger partial charge in [0.25, 0.3) is 11.8 Å². The van der Waals surface area contributed by atoms with Crippen molar-refractivity contribution in [2.45, 2.75) is 19.0 Å². The normalized spacial score (nSPS) is 16.8. The van der Waals surface area contributed by atoms with Crippen LogP contribution in [0.3, 0.4) is 0 Å². The van der Waals surface area contributed by atoms with E-state index in [0.717, 1.165) is 17.8 Å². The molecule has 1 fully saturated rings. The Morgan fingerprint density at radius 2 is 1.84 bits per heavy atom. The van der Waals surface area contributed by atoms with Crippen molar-refractivity contribution < 1.29 is 31.5 Å². The van der Waals surface area contributed by atoms with Gasteiger partial charge in [-0.25, -0.2) is 28.1 Å². The van der Waals surface area contributed by atoms with E-state index in [-0.39, 0.29) is 53.9 Å². The van der Waals surface area contributed by atoms with Gasteiger partial charge in [0.1, 0.15) is 17.9 Å². The molecule has 1 atom stereocenters. The predicted molar refractivity (Wildman–Crippen MR) is 104 cm³/mol. The lowest BCUT2D eigenvalue weighted by molar-refractivity contribution is 0.0855. The molecule has 3 heterocycles. The number of aromatic nitrogens is 3. The molecule has 1 saturated carbocycles. The summed E-state index contributed by atoms with van der Waals surface area (Å²) in [6.07, 6.45) is 2.16. The highest BCUT2D eigenvalue weighted by Crippen LogP contribution is 2.48. The lowest BCUT2D eigenvalue weighted by Gasteiger charge is -2.06. The Balaban J connectivity index is 1.34. The summed E-state index contributed by atoms with van der Waals surface area (Å²) in [6, 6.07) is 10.1. The molecule has 0 N–H and O–H groups in total. The number of fused-ring (bicyclic) bond motifs is 1. The van der Waals surface area contributed by atoms with Gasteiger partial charge in [-0.3, -0.25) is 0 Å². The molecule has 1 aliphatic rings. The quantitative estimate of drug-likeness (QED) is 0.365. The van der Waals surface area contributed by atoms with E-state index in [4.69, 9.17) is 13.9 Å². The first-order valence-corrected chi connectivity index (χ1v) is 9.69. The minimum Gasteiger partial charge on any atom is -0.491 e. The van der Waals surface area contributed by atoms with Gasteiger partial charge in [0.05, 0.1) is 24.9 Å². The predicted octanol–water partition coefficient (Wildman–Crippen LogP) is 5.18. The largest absolute Gasteiger partial charge is 0.491 e. The van der Waals surface area contributed by atoms with E-state index >= 15 is 0 Å². The van der Waals surface area contributed by atoms with E-state index in [2.05, 4.69) is 15.0 Å². The Kier molecular flexibility index (Phi) is 4.91. The monoisotopic (exact) mass is 445 g/mol. The molecule has 1 aromatic carbocycles. The summed E-state index contributed by atoms with van der Waals surface area (Å²) in [5, 5.41) is 0. The molecular formula is C22H15F4N3O3. The molecule has 10 heteroatoms.